The van der Waals surface area contributed by atoms with Crippen LogP contribution in [0.1, 0.15) is 44.2 Å². The number of benzene rings is 1. The standard InChI is InChI=1S/C20H29ClFN3O2/c1-2-24(14-15-7-6-12-27-15)20(26)23-13-18(25-10-3-4-11-25)19-16(21)8-5-9-17(19)22/h5,8-9,15,18H,2-4,6-7,10-14H2,1H3,(H,23,26). The number of urea groups is 1. The van der Waals surface area contributed by atoms with Gasteiger partial charge in [0.2, 0.25) is 0 Å². The van der Waals surface area contributed by atoms with Gasteiger partial charge in [-0.25, -0.2) is 9.18 Å². The van der Waals surface area contributed by atoms with E-state index in [1.165, 1.54) is 6.07 Å². The van der Waals surface area contributed by atoms with Crippen molar-refractivity contribution in [3.63, 3.8) is 0 Å². The van der Waals surface area contributed by atoms with E-state index in [4.69, 9.17) is 16.3 Å². The van der Waals surface area contributed by atoms with Crippen molar-refractivity contribution in [1.29, 1.82) is 0 Å². The average Bonchev–Trinajstić information content (AvgIpc) is 3.35. The summed E-state index contributed by atoms with van der Waals surface area (Å²) in [6.07, 6.45) is 4.32. The minimum absolute atomic E-state index is 0.117. The number of likely N-dealkylation sites (N-methyl/N-ethyl adjacent to an activating group) is 1. The second-order valence-corrected chi connectivity index (χ2v) is 7.66. The molecule has 0 radical (unpaired) electrons. The molecule has 1 N–H and O–H groups in total. The SMILES string of the molecule is CCN(CC1CCCO1)C(=O)NCC(c1c(F)cccc1Cl)N1CCCC1. The molecular weight excluding hydrogens is 369 g/mol. The smallest absolute Gasteiger partial charge is 0.317 e. The lowest BCUT2D eigenvalue weighted by atomic mass is 10.0. The van der Waals surface area contributed by atoms with Gasteiger partial charge in [0.15, 0.2) is 0 Å². The molecule has 2 heterocycles. The van der Waals surface area contributed by atoms with Crippen LogP contribution in [0.2, 0.25) is 5.02 Å². The van der Waals surface area contributed by atoms with Crippen LogP contribution in [-0.4, -0.2) is 61.3 Å². The zero-order chi connectivity index (χ0) is 19.2. The topological polar surface area (TPSA) is 44.8 Å². The Morgan fingerprint density at radius 3 is 2.81 bits per heavy atom. The third-order valence-electron chi connectivity index (χ3n) is 5.48. The van der Waals surface area contributed by atoms with E-state index < -0.39 is 0 Å². The Morgan fingerprint density at radius 1 is 1.41 bits per heavy atom. The Bertz CT molecular complexity index is 613. The second-order valence-electron chi connectivity index (χ2n) is 7.25. The lowest BCUT2D eigenvalue weighted by molar-refractivity contribution is 0.0822. The Hall–Kier alpha value is -1.37. The number of nitrogens with zero attached hydrogens (tertiary/aromatic N) is 2. The van der Waals surface area contributed by atoms with Crippen molar-refractivity contribution in [2.45, 2.75) is 44.8 Å². The summed E-state index contributed by atoms with van der Waals surface area (Å²) < 4.78 is 20.2. The molecule has 0 bridgehead atoms. The number of carbonyl (C=O) groups excluding carboxylic acids is 1. The van der Waals surface area contributed by atoms with Gasteiger partial charge in [-0.05, 0) is 57.8 Å². The van der Waals surface area contributed by atoms with Crippen molar-refractivity contribution < 1.29 is 13.9 Å². The molecular formula is C20H29ClFN3O2. The first kappa shape index (κ1) is 20.4. The maximum absolute atomic E-state index is 14.5. The molecule has 2 unspecified atom stereocenters. The fourth-order valence-corrected chi connectivity index (χ4v) is 4.27. The first-order chi connectivity index (χ1) is 13.1. The van der Waals surface area contributed by atoms with Crippen LogP contribution in [-0.2, 0) is 4.74 Å². The maximum Gasteiger partial charge on any atom is 0.317 e. The van der Waals surface area contributed by atoms with Crippen LogP contribution >= 0.6 is 11.6 Å². The summed E-state index contributed by atoms with van der Waals surface area (Å²) >= 11 is 6.31. The summed E-state index contributed by atoms with van der Waals surface area (Å²) in [5.41, 5.74) is 0.476. The first-order valence-electron chi connectivity index (χ1n) is 9.92. The van der Waals surface area contributed by atoms with Gasteiger partial charge in [-0.15, -0.1) is 0 Å². The van der Waals surface area contributed by atoms with E-state index in [9.17, 15) is 9.18 Å². The third-order valence-corrected chi connectivity index (χ3v) is 5.81. The van der Waals surface area contributed by atoms with Gasteiger partial charge >= 0.3 is 6.03 Å². The first-order valence-corrected chi connectivity index (χ1v) is 10.3. The molecule has 1 aromatic carbocycles. The molecule has 150 valence electrons. The number of nitrogens with one attached hydrogen (secondary N) is 1. The number of halogens is 2. The summed E-state index contributed by atoms with van der Waals surface area (Å²) in [5.74, 6) is -0.319. The van der Waals surface area contributed by atoms with E-state index in [0.717, 1.165) is 45.4 Å². The van der Waals surface area contributed by atoms with Crippen molar-refractivity contribution in [1.82, 2.24) is 15.1 Å². The molecule has 2 atom stereocenters. The van der Waals surface area contributed by atoms with Crippen molar-refractivity contribution in [3.8, 4) is 0 Å². The predicted octanol–water partition coefficient (Wildman–Crippen LogP) is 3.83. The van der Waals surface area contributed by atoms with Crippen molar-refractivity contribution >= 4 is 17.6 Å². The summed E-state index contributed by atoms with van der Waals surface area (Å²) in [4.78, 5) is 16.7. The molecule has 2 saturated heterocycles. The van der Waals surface area contributed by atoms with Crippen LogP contribution in [0.15, 0.2) is 18.2 Å². The van der Waals surface area contributed by atoms with E-state index in [2.05, 4.69) is 10.2 Å². The molecule has 0 aromatic heterocycles. The van der Waals surface area contributed by atoms with Crippen LogP contribution in [0.3, 0.4) is 0 Å². The Kier molecular flexibility index (Phi) is 7.33. The number of carbonyl (C=O) groups is 1. The fourth-order valence-electron chi connectivity index (χ4n) is 3.98. The zero-order valence-electron chi connectivity index (χ0n) is 15.9. The molecule has 3 rings (SSSR count). The highest BCUT2D eigenvalue weighted by Gasteiger charge is 2.29. The molecule has 0 spiro atoms. The van der Waals surface area contributed by atoms with E-state index in [-0.39, 0.29) is 24.0 Å². The van der Waals surface area contributed by atoms with Gasteiger partial charge in [0.25, 0.3) is 0 Å². The van der Waals surface area contributed by atoms with Crippen LogP contribution in [0.5, 0.6) is 0 Å². The summed E-state index contributed by atoms with van der Waals surface area (Å²) in [6.45, 7) is 6.04. The highest BCUT2D eigenvalue weighted by atomic mass is 35.5. The van der Waals surface area contributed by atoms with Gasteiger partial charge in [-0.1, -0.05) is 17.7 Å². The van der Waals surface area contributed by atoms with Crippen LogP contribution < -0.4 is 5.32 Å². The van der Waals surface area contributed by atoms with E-state index >= 15 is 0 Å². The molecule has 27 heavy (non-hydrogen) atoms. The predicted molar refractivity (Wildman–Crippen MR) is 105 cm³/mol. The van der Waals surface area contributed by atoms with Crippen molar-refractivity contribution in [3.05, 3.63) is 34.6 Å². The molecule has 7 heteroatoms. The van der Waals surface area contributed by atoms with Crippen LogP contribution in [0.4, 0.5) is 9.18 Å². The Labute approximate surface area is 165 Å². The van der Waals surface area contributed by atoms with E-state index in [1.54, 1.807) is 17.0 Å². The third kappa shape index (κ3) is 5.12. The number of hydrogen-bond donors (Lipinski definition) is 1. The number of hydrogen-bond acceptors (Lipinski definition) is 3. The second kappa shape index (κ2) is 9.71. The lowest BCUT2D eigenvalue weighted by Crippen LogP contribution is -2.46. The lowest BCUT2D eigenvalue weighted by Gasteiger charge is -2.31. The zero-order valence-corrected chi connectivity index (χ0v) is 16.7. The average molecular weight is 398 g/mol. The largest absolute Gasteiger partial charge is 0.376 e. The number of likely N-dealkylation sites (tertiary alicyclic amines) is 1. The molecule has 0 saturated carbocycles. The summed E-state index contributed by atoms with van der Waals surface area (Å²) in [5, 5.41) is 3.41. The van der Waals surface area contributed by atoms with Gasteiger partial charge in [-0.3, -0.25) is 4.90 Å². The Morgan fingerprint density at radius 2 is 2.19 bits per heavy atom. The van der Waals surface area contributed by atoms with E-state index in [1.807, 2.05) is 6.92 Å². The highest BCUT2D eigenvalue weighted by molar-refractivity contribution is 6.31. The van der Waals surface area contributed by atoms with Crippen molar-refractivity contribution in [2.24, 2.45) is 0 Å². The summed E-state index contributed by atoms with van der Waals surface area (Å²) in [6, 6.07) is 4.36. The normalized spacial score (nSPS) is 21.4. The maximum atomic E-state index is 14.5. The molecule has 2 aliphatic heterocycles. The number of rotatable bonds is 7. The minimum Gasteiger partial charge on any atom is -0.376 e. The molecule has 1 aromatic rings. The number of ether oxygens (including phenoxy) is 1. The van der Waals surface area contributed by atoms with Crippen LogP contribution in [0, 0.1) is 5.82 Å². The number of amides is 2. The summed E-state index contributed by atoms with van der Waals surface area (Å²) in [7, 11) is 0. The molecule has 5 nitrogen and oxygen atoms in total. The van der Waals surface area contributed by atoms with Gasteiger partial charge < -0.3 is 15.0 Å². The molecule has 2 aliphatic rings. The van der Waals surface area contributed by atoms with E-state index in [0.29, 0.717) is 30.2 Å². The minimum atomic E-state index is -0.319. The molecule has 0 aliphatic carbocycles. The highest BCUT2D eigenvalue weighted by Crippen LogP contribution is 2.32. The van der Waals surface area contributed by atoms with Crippen molar-refractivity contribution in [2.75, 3.05) is 39.3 Å². The van der Waals surface area contributed by atoms with Gasteiger partial charge in [-0.2, -0.15) is 0 Å². The molecule has 2 fully saturated rings. The van der Waals surface area contributed by atoms with Gasteiger partial charge in [0.1, 0.15) is 5.82 Å². The fraction of sp³-hybridized carbons (Fsp3) is 0.650. The molecule has 2 amide bonds. The quantitative estimate of drug-likeness (QED) is 0.760. The Balaban J connectivity index is 1.67. The van der Waals surface area contributed by atoms with Crippen LogP contribution in [0.25, 0.3) is 0 Å². The monoisotopic (exact) mass is 397 g/mol. The van der Waals surface area contributed by atoms with Gasteiger partial charge in [0, 0.05) is 36.8 Å². The van der Waals surface area contributed by atoms with Gasteiger partial charge in [0.05, 0.1) is 12.1 Å².